The van der Waals surface area contributed by atoms with E-state index in [1.807, 2.05) is 0 Å². The predicted octanol–water partition coefficient (Wildman–Crippen LogP) is 6.51. The summed E-state index contributed by atoms with van der Waals surface area (Å²) in [7, 11) is 0. The van der Waals surface area contributed by atoms with Crippen LogP contribution in [0.3, 0.4) is 0 Å². The molecular formula is C23H27F3O2. The molecule has 0 amide bonds. The van der Waals surface area contributed by atoms with Gasteiger partial charge in [-0.25, -0.2) is 13.2 Å². The van der Waals surface area contributed by atoms with Crippen molar-refractivity contribution in [3.8, 4) is 11.1 Å². The number of hydrogen-bond acceptors (Lipinski definition) is 2. The Kier molecular flexibility index (Phi) is 7.13. The van der Waals surface area contributed by atoms with Crippen LogP contribution >= 0.6 is 0 Å². The van der Waals surface area contributed by atoms with Gasteiger partial charge in [0.05, 0.1) is 18.8 Å². The third kappa shape index (κ3) is 4.76. The lowest BCUT2D eigenvalue weighted by Crippen LogP contribution is -2.28. The fraction of sp³-hybridized carbons (Fsp3) is 0.478. The summed E-state index contributed by atoms with van der Waals surface area (Å²) in [6.45, 7) is 4.86. The van der Waals surface area contributed by atoms with Gasteiger partial charge in [-0.1, -0.05) is 44.0 Å². The van der Waals surface area contributed by atoms with Crippen molar-refractivity contribution in [2.24, 2.45) is 0 Å². The molecule has 2 atom stereocenters. The average molecular weight is 392 g/mol. The first kappa shape index (κ1) is 20.9. The maximum absolute atomic E-state index is 14.6. The van der Waals surface area contributed by atoms with Crippen LogP contribution in [0.4, 0.5) is 13.2 Å². The first-order valence-corrected chi connectivity index (χ1v) is 9.98. The van der Waals surface area contributed by atoms with Gasteiger partial charge in [0.25, 0.3) is 0 Å². The van der Waals surface area contributed by atoms with Gasteiger partial charge in [-0.2, -0.15) is 0 Å². The van der Waals surface area contributed by atoms with Gasteiger partial charge in [-0.15, -0.1) is 0 Å². The Morgan fingerprint density at radius 3 is 2.46 bits per heavy atom. The summed E-state index contributed by atoms with van der Waals surface area (Å²) in [5.74, 6) is -2.55. The van der Waals surface area contributed by atoms with E-state index in [1.165, 1.54) is 31.2 Å². The lowest BCUT2D eigenvalue weighted by molar-refractivity contribution is -0.0873. The molecule has 2 nitrogen and oxygen atoms in total. The van der Waals surface area contributed by atoms with Gasteiger partial charge in [0, 0.05) is 17.7 Å². The Balaban J connectivity index is 1.65. The highest BCUT2D eigenvalue weighted by atomic mass is 19.2. The fourth-order valence-electron chi connectivity index (χ4n) is 3.53. The SMILES string of the molecule is CCCCCOC1CCC(c2ccc(-c3ccc(C)c(F)c3F)c(F)c2)OC1. The van der Waals surface area contributed by atoms with Crippen LogP contribution in [0.15, 0.2) is 30.3 Å². The minimum Gasteiger partial charge on any atom is -0.376 e. The van der Waals surface area contributed by atoms with Gasteiger partial charge >= 0.3 is 0 Å². The number of unbranched alkanes of at least 4 members (excludes halogenated alkanes) is 2. The van der Waals surface area contributed by atoms with Gasteiger partial charge in [-0.3, -0.25) is 0 Å². The summed E-state index contributed by atoms with van der Waals surface area (Å²) >= 11 is 0. The zero-order valence-corrected chi connectivity index (χ0v) is 16.4. The van der Waals surface area contributed by atoms with E-state index in [0.29, 0.717) is 12.2 Å². The molecule has 5 heteroatoms. The molecule has 28 heavy (non-hydrogen) atoms. The summed E-state index contributed by atoms with van der Waals surface area (Å²) in [4.78, 5) is 0. The highest BCUT2D eigenvalue weighted by Gasteiger charge is 2.24. The smallest absolute Gasteiger partial charge is 0.167 e. The lowest BCUT2D eigenvalue weighted by atomic mass is 9.96. The standard InChI is InChI=1S/C23H27F3O2/c1-3-4-5-12-27-17-8-11-21(28-14-17)16-7-10-18(20(24)13-16)19-9-6-15(2)22(25)23(19)26/h6-7,9-10,13,17,21H,3-5,8,11-12,14H2,1-2H3. The number of benzene rings is 2. The molecule has 3 rings (SSSR count). The normalized spacial score (nSPS) is 19.8. The second-order valence-corrected chi connectivity index (χ2v) is 7.40. The minimum atomic E-state index is -1.02. The van der Waals surface area contributed by atoms with Crippen molar-refractivity contribution in [2.75, 3.05) is 13.2 Å². The predicted molar refractivity (Wildman–Crippen MR) is 104 cm³/mol. The highest BCUT2D eigenvalue weighted by Crippen LogP contribution is 2.33. The van der Waals surface area contributed by atoms with E-state index in [1.54, 1.807) is 6.07 Å². The summed E-state index contributed by atoms with van der Waals surface area (Å²) in [6, 6.07) is 7.44. The van der Waals surface area contributed by atoms with Crippen LogP contribution < -0.4 is 0 Å². The summed E-state index contributed by atoms with van der Waals surface area (Å²) in [5, 5.41) is 0. The third-order valence-corrected chi connectivity index (χ3v) is 5.27. The first-order valence-electron chi connectivity index (χ1n) is 9.98. The quantitative estimate of drug-likeness (QED) is 0.500. The zero-order valence-electron chi connectivity index (χ0n) is 16.4. The van der Waals surface area contributed by atoms with Gasteiger partial charge < -0.3 is 9.47 Å². The summed E-state index contributed by atoms with van der Waals surface area (Å²) in [6.07, 6.45) is 4.85. The van der Waals surface area contributed by atoms with E-state index >= 15 is 0 Å². The summed E-state index contributed by atoms with van der Waals surface area (Å²) in [5.41, 5.74) is 0.879. The highest BCUT2D eigenvalue weighted by molar-refractivity contribution is 5.66. The number of aryl methyl sites for hydroxylation is 1. The Bertz CT molecular complexity index is 799. The van der Waals surface area contributed by atoms with E-state index in [4.69, 9.17) is 9.47 Å². The van der Waals surface area contributed by atoms with E-state index in [-0.39, 0.29) is 28.9 Å². The average Bonchev–Trinajstić information content (AvgIpc) is 2.71. The fourth-order valence-corrected chi connectivity index (χ4v) is 3.53. The Hall–Kier alpha value is -1.85. The van der Waals surface area contributed by atoms with Crippen molar-refractivity contribution in [2.45, 2.75) is 58.2 Å². The molecule has 0 saturated carbocycles. The van der Waals surface area contributed by atoms with E-state index in [0.717, 1.165) is 38.7 Å². The maximum Gasteiger partial charge on any atom is 0.167 e. The molecule has 1 fully saturated rings. The van der Waals surface area contributed by atoms with Crippen LogP contribution in [0, 0.1) is 24.4 Å². The molecule has 2 aromatic rings. The molecule has 0 spiro atoms. The van der Waals surface area contributed by atoms with Crippen LogP contribution in [0.25, 0.3) is 11.1 Å². The molecule has 1 saturated heterocycles. The van der Waals surface area contributed by atoms with Gasteiger partial charge in [0.2, 0.25) is 0 Å². The molecule has 2 unspecified atom stereocenters. The van der Waals surface area contributed by atoms with E-state index in [9.17, 15) is 13.2 Å². The Morgan fingerprint density at radius 1 is 1.00 bits per heavy atom. The summed E-state index contributed by atoms with van der Waals surface area (Å²) < 4.78 is 54.4. The molecule has 1 aliphatic heterocycles. The van der Waals surface area contributed by atoms with Crippen LogP contribution in [0.5, 0.6) is 0 Å². The van der Waals surface area contributed by atoms with Crippen molar-refractivity contribution in [1.29, 1.82) is 0 Å². The molecule has 0 radical (unpaired) electrons. The van der Waals surface area contributed by atoms with Crippen molar-refractivity contribution in [3.05, 3.63) is 58.9 Å². The van der Waals surface area contributed by atoms with Gasteiger partial charge in [0.15, 0.2) is 11.6 Å². The van der Waals surface area contributed by atoms with Crippen molar-refractivity contribution in [1.82, 2.24) is 0 Å². The van der Waals surface area contributed by atoms with E-state index in [2.05, 4.69) is 6.92 Å². The van der Waals surface area contributed by atoms with Gasteiger partial charge in [-0.05, 0) is 43.4 Å². The Morgan fingerprint density at radius 2 is 1.79 bits per heavy atom. The first-order chi connectivity index (χ1) is 13.5. The second-order valence-electron chi connectivity index (χ2n) is 7.40. The molecule has 152 valence electrons. The molecule has 1 aliphatic rings. The molecule has 0 bridgehead atoms. The Labute approximate surface area is 164 Å². The van der Waals surface area contributed by atoms with Crippen molar-refractivity contribution in [3.63, 3.8) is 0 Å². The molecular weight excluding hydrogens is 365 g/mol. The second kappa shape index (κ2) is 9.57. The third-order valence-electron chi connectivity index (χ3n) is 5.27. The van der Waals surface area contributed by atoms with Crippen molar-refractivity contribution < 1.29 is 22.6 Å². The number of ether oxygens (including phenoxy) is 2. The topological polar surface area (TPSA) is 18.5 Å². The van der Waals surface area contributed by atoms with Crippen molar-refractivity contribution >= 4 is 0 Å². The largest absolute Gasteiger partial charge is 0.376 e. The van der Waals surface area contributed by atoms with Crippen LogP contribution in [0.1, 0.15) is 56.3 Å². The molecule has 0 aliphatic carbocycles. The molecule has 0 N–H and O–H groups in total. The molecule has 1 heterocycles. The molecule has 0 aromatic heterocycles. The minimum absolute atomic E-state index is 0.0492. The van der Waals surface area contributed by atoms with Gasteiger partial charge in [0.1, 0.15) is 5.82 Å². The number of hydrogen-bond donors (Lipinski definition) is 0. The van der Waals surface area contributed by atoms with Crippen LogP contribution in [-0.4, -0.2) is 19.3 Å². The lowest BCUT2D eigenvalue weighted by Gasteiger charge is -2.29. The van der Waals surface area contributed by atoms with E-state index < -0.39 is 17.5 Å². The monoisotopic (exact) mass is 392 g/mol. The van der Waals surface area contributed by atoms with Crippen LogP contribution in [0.2, 0.25) is 0 Å². The number of halogens is 3. The van der Waals surface area contributed by atoms with Crippen LogP contribution in [-0.2, 0) is 9.47 Å². The maximum atomic E-state index is 14.6. The zero-order chi connectivity index (χ0) is 20.1. The number of rotatable bonds is 7. The molecule has 2 aromatic carbocycles.